The Kier molecular flexibility index (Phi) is 11.5. The molecule has 0 radical (unpaired) electrons. The molecule has 238 valence electrons. The van der Waals surface area contributed by atoms with Crippen LogP contribution in [0.1, 0.15) is 57.2 Å². The second-order valence-electron chi connectivity index (χ2n) is 10.8. The molecule has 2 heterocycles. The van der Waals surface area contributed by atoms with Gasteiger partial charge in [-0.15, -0.1) is 0 Å². The minimum absolute atomic E-state index is 0.0172. The summed E-state index contributed by atoms with van der Waals surface area (Å²) in [5.74, 6) is -3.75. The topological polar surface area (TPSA) is 119 Å². The van der Waals surface area contributed by atoms with Gasteiger partial charge in [-0.1, -0.05) is 0 Å². The third kappa shape index (κ3) is 12.1. The van der Waals surface area contributed by atoms with Crippen LogP contribution < -0.4 is 16.0 Å². The van der Waals surface area contributed by atoms with Gasteiger partial charge in [0.2, 0.25) is 0 Å². The Bertz CT molecular complexity index is 1250. The van der Waals surface area contributed by atoms with Crippen molar-refractivity contribution < 1.29 is 45.8 Å². The monoisotopic (exact) mass is 728 g/mol. The molecule has 3 rings (SSSR count). The fourth-order valence-electron chi connectivity index (χ4n) is 3.96. The van der Waals surface area contributed by atoms with Gasteiger partial charge in [-0.2, -0.15) is 0 Å². The van der Waals surface area contributed by atoms with Gasteiger partial charge < -0.3 is 0 Å². The molecular formula is C28H34F5IN4O5. The first kappa shape index (κ1) is 34.3. The van der Waals surface area contributed by atoms with Crippen LogP contribution in [0.25, 0.3) is 0 Å². The fourth-order valence-corrected chi connectivity index (χ4v) is 10.4. The van der Waals surface area contributed by atoms with Crippen molar-refractivity contribution in [3.8, 4) is 0 Å². The Morgan fingerprint density at radius 3 is 2.26 bits per heavy atom. The molecule has 2 unspecified atom stereocenters. The van der Waals surface area contributed by atoms with Gasteiger partial charge in [0, 0.05) is 0 Å². The van der Waals surface area contributed by atoms with Crippen molar-refractivity contribution in [2.75, 3.05) is 14.2 Å². The summed E-state index contributed by atoms with van der Waals surface area (Å²) >= 11 is -2.55. The van der Waals surface area contributed by atoms with Gasteiger partial charge in [0.25, 0.3) is 0 Å². The maximum absolute atomic E-state index is 13.9. The number of hydrogen-bond donors (Lipinski definition) is 3. The Balaban J connectivity index is 1.77. The summed E-state index contributed by atoms with van der Waals surface area (Å²) in [5, 5.41) is 7.22. The molecule has 0 saturated carbocycles. The van der Waals surface area contributed by atoms with E-state index in [2.05, 4.69) is 20.9 Å². The van der Waals surface area contributed by atoms with Crippen LogP contribution in [0.3, 0.4) is 0 Å². The summed E-state index contributed by atoms with van der Waals surface area (Å²) in [4.78, 5) is 42.3. The molecule has 2 atom stereocenters. The van der Waals surface area contributed by atoms with Gasteiger partial charge in [-0.05, 0) is 0 Å². The van der Waals surface area contributed by atoms with Crippen LogP contribution in [-0.2, 0) is 20.9 Å². The number of alkyl carbamates (subject to hydrolysis) is 2. The van der Waals surface area contributed by atoms with E-state index in [0.29, 0.717) is 5.56 Å². The number of amides is 3. The Morgan fingerprint density at radius 1 is 1.00 bits per heavy atom. The zero-order valence-corrected chi connectivity index (χ0v) is 25.9. The number of alkyl halides is 8. The van der Waals surface area contributed by atoms with Crippen molar-refractivity contribution in [3.05, 3.63) is 59.8 Å². The fraction of sp³-hybridized carbons (Fsp3) is 0.500. The summed E-state index contributed by atoms with van der Waals surface area (Å²) in [5.41, 5.74) is -0.275. The zero-order chi connectivity index (χ0) is 31.8. The Hall–Kier alpha value is -3.24. The van der Waals surface area contributed by atoms with Crippen molar-refractivity contribution in [1.29, 1.82) is 0 Å². The van der Waals surface area contributed by atoms with Gasteiger partial charge >= 0.3 is 254 Å². The number of hydrogen-bond acceptors (Lipinski definition) is 6. The molecule has 1 aromatic heterocycles. The molecule has 3 N–H and O–H groups in total. The number of benzene rings is 1. The molecule has 1 aliphatic heterocycles. The second-order valence-corrected chi connectivity index (χ2v) is 17.0. The summed E-state index contributed by atoms with van der Waals surface area (Å²) in [7, 11) is 0. The van der Waals surface area contributed by atoms with E-state index in [1.807, 2.05) is 0 Å². The van der Waals surface area contributed by atoms with E-state index in [1.165, 1.54) is 6.07 Å². The molecule has 3 amide bonds. The third-order valence-electron chi connectivity index (χ3n) is 5.97. The number of pyridine rings is 1. The molecule has 1 aromatic carbocycles. The van der Waals surface area contributed by atoms with Crippen molar-refractivity contribution in [1.82, 2.24) is 15.6 Å². The normalized spacial score (nSPS) is 17.3. The number of halogens is 6. The average molecular weight is 728 g/mol. The van der Waals surface area contributed by atoms with Crippen LogP contribution in [0.15, 0.2) is 48.7 Å². The standard InChI is InChI=1S/C28H34F5IN4O5/c1-26(2,3)43-25(41)36-20(16-28(31,32)33)19-9-14-35-21(15-19)37-23(39)22(34-12-10-27(29,30)11-13-34)38-24(40)42-17-18-7-5-4-6-8-18/h4-9,14-15,20,22H,10-13,16-17H2,1-3H3,(H,36,41)(H,38,40)(H,35,37,39). The summed E-state index contributed by atoms with van der Waals surface area (Å²) in [6.45, 7) is 4.60. The number of nitrogens with zero attached hydrogens (tertiary/aromatic N) is 1. The van der Waals surface area contributed by atoms with Crippen molar-refractivity contribution in [3.63, 3.8) is 0 Å². The van der Waals surface area contributed by atoms with Crippen LogP contribution in [-0.4, -0.2) is 53.7 Å². The second kappa shape index (κ2) is 14.5. The zero-order valence-electron chi connectivity index (χ0n) is 23.8. The van der Waals surface area contributed by atoms with E-state index in [4.69, 9.17) is 9.47 Å². The number of aromatic nitrogens is 1. The molecule has 1 fully saturated rings. The first-order chi connectivity index (χ1) is 20.0. The first-order valence-corrected chi connectivity index (χ1v) is 17.6. The molecule has 1 aliphatic rings. The predicted octanol–water partition coefficient (Wildman–Crippen LogP) is 6.73. The number of nitrogens with one attached hydrogen (secondary N) is 3. The molecule has 9 nitrogen and oxygen atoms in total. The molecule has 2 aromatic rings. The SMILES string of the molecule is CC(C)(C)OC(=O)NC(CC(F)(F)F)c1ccnc(NC(=O)C(NC(=O)OCc2ccccc2)I2CCC(F)(F)CC2)c1. The van der Waals surface area contributed by atoms with Gasteiger partial charge in [0.1, 0.15) is 0 Å². The van der Waals surface area contributed by atoms with E-state index in [0.717, 1.165) is 12.3 Å². The minimum atomic E-state index is -4.66. The molecule has 43 heavy (non-hydrogen) atoms. The molecule has 0 spiro atoms. The van der Waals surface area contributed by atoms with E-state index in [9.17, 15) is 36.3 Å². The molecular weight excluding hydrogens is 694 g/mol. The summed E-state index contributed by atoms with van der Waals surface area (Å²) < 4.78 is 77.2. The van der Waals surface area contributed by atoms with E-state index >= 15 is 0 Å². The van der Waals surface area contributed by atoms with E-state index < -0.39 is 85.0 Å². The van der Waals surface area contributed by atoms with Gasteiger partial charge in [0.15, 0.2) is 0 Å². The Morgan fingerprint density at radius 2 is 1.65 bits per heavy atom. The van der Waals surface area contributed by atoms with Crippen LogP contribution in [0.2, 0.25) is 0 Å². The molecule has 0 bridgehead atoms. The summed E-state index contributed by atoms with van der Waals surface area (Å²) in [6.07, 6.45) is -7.73. The van der Waals surface area contributed by atoms with E-state index in [1.54, 1.807) is 51.1 Å². The van der Waals surface area contributed by atoms with Gasteiger partial charge in [-0.25, -0.2) is 0 Å². The number of anilines is 1. The van der Waals surface area contributed by atoms with Gasteiger partial charge in [0.05, 0.1) is 0 Å². The number of rotatable bonds is 9. The number of carbonyl (C=O) groups is 3. The van der Waals surface area contributed by atoms with Crippen LogP contribution in [0.4, 0.5) is 37.4 Å². The Labute approximate surface area is 253 Å². The first-order valence-electron chi connectivity index (χ1n) is 13.3. The van der Waals surface area contributed by atoms with Crippen LogP contribution in [0.5, 0.6) is 0 Å². The summed E-state index contributed by atoms with van der Waals surface area (Å²) in [6, 6.07) is 9.62. The van der Waals surface area contributed by atoms with E-state index in [-0.39, 0.29) is 26.8 Å². The van der Waals surface area contributed by atoms with Gasteiger partial charge in [-0.3, -0.25) is 0 Å². The van der Waals surface area contributed by atoms with Crippen molar-refractivity contribution in [2.24, 2.45) is 0 Å². The molecule has 1 saturated heterocycles. The van der Waals surface area contributed by atoms with Crippen LogP contribution in [0, 0.1) is 0 Å². The third-order valence-corrected chi connectivity index (χ3v) is 12.5. The quantitative estimate of drug-likeness (QED) is 0.114. The number of carbonyl (C=O) groups excluding carboxylic acids is 3. The average Bonchev–Trinajstić information content (AvgIpc) is 2.89. The molecule has 15 heteroatoms. The number of ether oxygens (including phenoxy) is 2. The predicted molar refractivity (Wildman–Crippen MR) is 157 cm³/mol. The maximum atomic E-state index is 13.9. The van der Waals surface area contributed by atoms with Crippen molar-refractivity contribution in [2.45, 2.75) is 74.4 Å². The van der Waals surface area contributed by atoms with Crippen LogP contribution >= 0.6 is 19.8 Å². The molecule has 0 aliphatic carbocycles. The van der Waals surface area contributed by atoms with Crippen molar-refractivity contribution >= 4 is 43.7 Å².